The van der Waals surface area contributed by atoms with Gasteiger partial charge in [0.25, 0.3) is 0 Å². The van der Waals surface area contributed by atoms with Gasteiger partial charge in [0.2, 0.25) is 0 Å². The fraction of sp³-hybridized carbons (Fsp3) is 0.417. The third-order valence-corrected chi connectivity index (χ3v) is 4.49. The van der Waals surface area contributed by atoms with E-state index >= 15 is 0 Å². The normalized spacial score (nSPS) is 11.2. The summed E-state index contributed by atoms with van der Waals surface area (Å²) in [5, 5.41) is 2.72. The summed E-state index contributed by atoms with van der Waals surface area (Å²) in [4.78, 5) is 11.5. The minimum absolute atomic E-state index is 0.404. The second-order valence-corrected chi connectivity index (χ2v) is 7.28. The van der Waals surface area contributed by atoms with Crippen molar-refractivity contribution in [2.24, 2.45) is 0 Å². The predicted octanol–water partition coefficient (Wildman–Crippen LogP) is 5.00. The van der Waals surface area contributed by atoms with Crippen molar-refractivity contribution in [3.8, 4) is 0 Å². The third-order valence-electron chi connectivity index (χ3n) is 1.91. The van der Waals surface area contributed by atoms with Crippen molar-refractivity contribution in [3.05, 3.63) is 31.1 Å². The monoisotopic (exact) mass is 441 g/mol. The van der Waals surface area contributed by atoms with Crippen LogP contribution in [0.3, 0.4) is 0 Å². The summed E-state index contributed by atoms with van der Waals surface area (Å²) in [7, 11) is 0. The maximum Gasteiger partial charge on any atom is 0.407 e. The summed E-state index contributed by atoms with van der Waals surface area (Å²) in [6.07, 6.45) is -0.423. The Morgan fingerprint density at radius 2 is 1.72 bits per heavy atom. The molecule has 0 spiro atoms. The van der Waals surface area contributed by atoms with Gasteiger partial charge in [0.15, 0.2) is 0 Å². The van der Waals surface area contributed by atoms with Crippen LogP contribution in [-0.4, -0.2) is 11.7 Å². The molecule has 0 unspecified atom stereocenters. The fourth-order valence-corrected chi connectivity index (χ4v) is 2.71. The van der Waals surface area contributed by atoms with Crippen molar-refractivity contribution in [3.63, 3.8) is 0 Å². The van der Waals surface area contributed by atoms with E-state index in [1.54, 1.807) is 0 Å². The van der Waals surface area contributed by atoms with Crippen molar-refractivity contribution in [1.29, 1.82) is 0 Å². The molecular formula is C12H14Br3NO2. The van der Waals surface area contributed by atoms with Crippen LogP contribution in [0, 0.1) is 0 Å². The van der Waals surface area contributed by atoms with E-state index in [4.69, 9.17) is 4.74 Å². The molecular weight excluding hydrogens is 430 g/mol. The Labute approximate surface area is 132 Å². The summed E-state index contributed by atoms with van der Waals surface area (Å²) in [5.41, 5.74) is 0.484. The average Bonchev–Trinajstić information content (AvgIpc) is 2.19. The lowest BCUT2D eigenvalue weighted by molar-refractivity contribution is 0.0523. The van der Waals surface area contributed by atoms with Crippen LogP contribution >= 0.6 is 47.8 Å². The molecule has 0 atom stereocenters. The molecule has 3 nitrogen and oxygen atoms in total. The quantitative estimate of drug-likeness (QED) is 0.653. The van der Waals surface area contributed by atoms with E-state index in [0.29, 0.717) is 6.54 Å². The minimum Gasteiger partial charge on any atom is -0.444 e. The molecule has 1 aromatic carbocycles. The van der Waals surface area contributed by atoms with Gasteiger partial charge < -0.3 is 10.1 Å². The van der Waals surface area contributed by atoms with Crippen LogP contribution in [0.2, 0.25) is 0 Å². The van der Waals surface area contributed by atoms with Gasteiger partial charge in [0, 0.05) is 20.0 Å². The van der Waals surface area contributed by atoms with Crippen molar-refractivity contribution < 1.29 is 9.53 Å². The highest BCUT2D eigenvalue weighted by Gasteiger charge is 2.16. The smallest absolute Gasteiger partial charge is 0.407 e. The molecule has 1 rings (SSSR count). The summed E-state index contributed by atoms with van der Waals surface area (Å²) in [5.74, 6) is 0. The van der Waals surface area contributed by atoms with E-state index < -0.39 is 11.7 Å². The van der Waals surface area contributed by atoms with E-state index in [1.165, 1.54) is 0 Å². The largest absolute Gasteiger partial charge is 0.444 e. The first-order chi connectivity index (χ1) is 8.19. The number of benzene rings is 1. The number of amides is 1. The zero-order chi connectivity index (χ0) is 13.9. The molecule has 100 valence electrons. The molecule has 1 aromatic rings. The number of halogens is 3. The number of ether oxygens (including phenoxy) is 1. The molecule has 0 radical (unpaired) electrons. The second-order valence-electron chi connectivity index (χ2n) is 4.71. The minimum atomic E-state index is -0.485. The number of rotatable bonds is 2. The molecule has 0 aliphatic rings. The lowest BCUT2D eigenvalue weighted by Gasteiger charge is -2.19. The number of carbonyl (C=O) groups excluding carboxylic acids is 1. The first-order valence-electron chi connectivity index (χ1n) is 5.29. The van der Waals surface area contributed by atoms with E-state index in [1.807, 2.05) is 32.9 Å². The van der Waals surface area contributed by atoms with Crippen molar-refractivity contribution in [1.82, 2.24) is 5.32 Å². The molecule has 0 heterocycles. The molecule has 0 fully saturated rings. The van der Waals surface area contributed by atoms with Gasteiger partial charge in [0.1, 0.15) is 5.60 Å². The Hall–Kier alpha value is -0.0700. The predicted molar refractivity (Wildman–Crippen MR) is 82.6 cm³/mol. The lowest BCUT2D eigenvalue weighted by Crippen LogP contribution is -2.32. The van der Waals surface area contributed by atoms with Gasteiger partial charge in [-0.05, 0) is 70.3 Å². The van der Waals surface area contributed by atoms with Gasteiger partial charge >= 0.3 is 6.09 Å². The molecule has 0 aliphatic heterocycles. The number of nitrogens with one attached hydrogen (secondary N) is 1. The summed E-state index contributed by atoms with van der Waals surface area (Å²) in [6, 6.07) is 3.86. The Bertz CT molecular complexity index is 455. The number of carbonyl (C=O) groups is 1. The number of hydrogen-bond acceptors (Lipinski definition) is 2. The highest BCUT2D eigenvalue weighted by atomic mass is 79.9. The average molecular weight is 444 g/mol. The Balaban J connectivity index is 2.64. The fourth-order valence-electron chi connectivity index (χ4n) is 1.18. The van der Waals surface area contributed by atoms with Crippen LogP contribution in [0.1, 0.15) is 26.3 Å². The van der Waals surface area contributed by atoms with Gasteiger partial charge in [0.05, 0.1) is 0 Å². The molecule has 0 aliphatic carbocycles. The Kier molecular flexibility index (Phi) is 5.67. The SMILES string of the molecule is CC(C)(C)OC(=O)NCc1cc(Br)c(Br)cc1Br. The molecule has 1 N–H and O–H groups in total. The molecule has 0 saturated carbocycles. The summed E-state index contributed by atoms with van der Waals surface area (Å²) >= 11 is 10.3. The standard InChI is InChI=1S/C12H14Br3NO2/c1-12(2,3)18-11(17)16-6-7-4-9(14)10(15)5-8(7)13/h4-5H,6H2,1-3H3,(H,16,17). The first-order valence-corrected chi connectivity index (χ1v) is 7.67. The van der Waals surface area contributed by atoms with Crippen LogP contribution < -0.4 is 5.32 Å². The van der Waals surface area contributed by atoms with E-state index in [2.05, 4.69) is 53.1 Å². The van der Waals surface area contributed by atoms with Crippen molar-refractivity contribution in [2.45, 2.75) is 32.9 Å². The molecule has 1 amide bonds. The van der Waals surface area contributed by atoms with Gasteiger partial charge in [-0.1, -0.05) is 15.9 Å². The zero-order valence-electron chi connectivity index (χ0n) is 10.3. The van der Waals surface area contributed by atoms with Crippen LogP contribution in [0.15, 0.2) is 25.6 Å². The van der Waals surface area contributed by atoms with E-state index in [-0.39, 0.29) is 0 Å². The highest BCUT2D eigenvalue weighted by molar-refractivity contribution is 9.13. The summed E-state index contributed by atoms with van der Waals surface area (Å²) in [6.45, 7) is 5.90. The second kappa shape index (κ2) is 6.39. The Morgan fingerprint density at radius 1 is 1.17 bits per heavy atom. The van der Waals surface area contributed by atoms with Crippen LogP contribution in [0.25, 0.3) is 0 Å². The number of hydrogen-bond donors (Lipinski definition) is 1. The van der Waals surface area contributed by atoms with Crippen LogP contribution in [-0.2, 0) is 11.3 Å². The maximum absolute atomic E-state index is 11.5. The summed E-state index contributed by atoms with van der Waals surface area (Å²) < 4.78 is 7.98. The van der Waals surface area contributed by atoms with Gasteiger partial charge in [-0.15, -0.1) is 0 Å². The van der Waals surface area contributed by atoms with Crippen molar-refractivity contribution >= 4 is 53.9 Å². The molecule has 0 bridgehead atoms. The number of alkyl carbamates (subject to hydrolysis) is 1. The maximum atomic E-state index is 11.5. The topological polar surface area (TPSA) is 38.3 Å². The zero-order valence-corrected chi connectivity index (χ0v) is 15.1. The van der Waals surface area contributed by atoms with Gasteiger partial charge in [-0.25, -0.2) is 4.79 Å². The molecule has 6 heteroatoms. The van der Waals surface area contributed by atoms with Gasteiger partial charge in [-0.3, -0.25) is 0 Å². The first kappa shape index (κ1) is 16.0. The van der Waals surface area contributed by atoms with E-state index in [9.17, 15) is 4.79 Å². The van der Waals surface area contributed by atoms with Crippen LogP contribution in [0.5, 0.6) is 0 Å². The molecule has 18 heavy (non-hydrogen) atoms. The van der Waals surface area contributed by atoms with E-state index in [0.717, 1.165) is 19.0 Å². The molecule has 0 aromatic heterocycles. The molecule has 0 saturated heterocycles. The van der Waals surface area contributed by atoms with Crippen LogP contribution in [0.4, 0.5) is 4.79 Å². The lowest BCUT2D eigenvalue weighted by atomic mass is 10.2. The highest BCUT2D eigenvalue weighted by Crippen LogP contribution is 2.29. The van der Waals surface area contributed by atoms with Crippen molar-refractivity contribution in [2.75, 3.05) is 0 Å². The Morgan fingerprint density at radius 3 is 2.28 bits per heavy atom. The van der Waals surface area contributed by atoms with Gasteiger partial charge in [-0.2, -0.15) is 0 Å². The third kappa shape index (κ3) is 5.28.